The van der Waals surface area contributed by atoms with Gasteiger partial charge in [0.15, 0.2) is 0 Å². The van der Waals surface area contributed by atoms with Gasteiger partial charge in [0.25, 0.3) is 5.91 Å². The van der Waals surface area contributed by atoms with Gasteiger partial charge in [-0.1, -0.05) is 0 Å². The Morgan fingerprint density at radius 1 is 1.62 bits per heavy atom. The van der Waals surface area contributed by atoms with Gasteiger partial charge in [-0.25, -0.2) is 4.98 Å². The van der Waals surface area contributed by atoms with Crippen LogP contribution in [0.1, 0.15) is 10.4 Å². The van der Waals surface area contributed by atoms with Crippen molar-refractivity contribution in [3.8, 4) is 5.88 Å². The van der Waals surface area contributed by atoms with Crippen LogP contribution in [0.3, 0.4) is 0 Å². The molecule has 0 radical (unpaired) electrons. The minimum Gasteiger partial charge on any atom is -0.416 e. The van der Waals surface area contributed by atoms with Crippen molar-refractivity contribution in [2.24, 2.45) is 5.73 Å². The maximum Gasteiger partial charge on any atom is 0.388 e. The Morgan fingerprint density at radius 2 is 2.31 bits per heavy atom. The lowest BCUT2D eigenvalue weighted by Gasteiger charge is -2.05. The van der Waals surface area contributed by atoms with Crippen molar-refractivity contribution < 1.29 is 18.3 Å². The molecule has 1 rings (SSSR count). The third-order valence-corrected chi connectivity index (χ3v) is 1.24. The molecule has 1 aromatic rings. The first-order valence-electron chi connectivity index (χ1n) is 3.31. The molecule has 6 heteroatoms. The van der Waals surface area contributed by atoms with E-state index in [1.54, 1.807) is 0 Å². The summed E-state index contributed by atoms with van der Waals surface area (Å²) in [5.41, 5.74) is 4.72. The molecular formula is C7H6F2N2O2. The average molecular weight is 188 g/mol. The number of rotatable bonds is 3. The minimum atomic E-state index is -3.02. The Morgan fingerprint density at radius 3 is 2.85 bits per heavy atom. The van der Waals surface area contributed by atoms with Crippen molar-refractivity contribution >= 4 is 5.91 Å². The van der Waals surface area contributed by atoms with E-state index in [9.17, 15) is 13.6 Å². The Balaban J connectivity index is 2.98. The SMILES string of the molecule is NC(=O)c1cccnc1OC(F)F. The topological polar surface area (TPSA) is 65.2 Å². The fourth-order valence-corrected chi connectivity index (χ4v) is 0.757. The van der Waals surface area contributed by atoms with E-state index >= 15 is 0 Å². The number of nitrogens with zero attached hydrogens (tertiary/aromatic N) is 1. The first kappa shape index (κ1) is 9.37. The predicted molar refractivity (Wildman–Crippen MR) is 39.4 cm³/mol. The number of nitrogens with two attached hydrogens (primary N) is 1. The van der Waals surface area contributed by atoms with Crippen LogP contribution in [0.25, 0.3) is 0 Å². The molecule has 13 heavy (non-hydrogen) atoms. The predicted octanol–water partition coefficient (Wildman–Crippen LogP) is 0.782. The van der Waals surface area contributed by atoms with Crippen molar-refractivity contribution in [1.82, 2.24) is 4.98 Å². The summed E-state index contributed by atoms with van der Waals surface area (Å²) in [4.78, 5) is 14.1. The first-order chi connectivity index (χ1) is 6.11. The standard InChI is InChI=1S/C7H6F2N2O2/c8-7(9)13-6-4(5(10)12)2-1-3-11-6/h1-3,7H,(H2,10,12). The first-order valence-corrected chi connectivity index (χ1v) is 3.31. The Bertz CT molecular complexity index is 317. The molecule has 0 fully saturated rings. The van der Waals surface area contributed by atoms with Gasteiger partial charge in [-0.05, 0) is 12.1 Å². The second-order valence-electron chi connectivity index (χ2n) is 2.10. The zero-order chi connectivity index (χ0) is 9.84. The van der Waals surface area contributed by atoms with Gasteiger partial charge in [0.1, 0.15) is 5.56 Å². The van der Waals surface area contributed by atoms with E-state index in [1.807, 2.05) is 0 Å². The van der Waals surface area contributed by atoms with Crippen LogP contribution in [-0.2, 0) is 0 Å². The third kappa shape index (κ3) is 2.36. The summed E-state index contributed by atoms with van der Waals surface area (Å²) in [6.45, 7) is -3.02. The van der Waals surface area contributed by atoms with Crippen LogP contribution in [0.4, 0.5) is 8.78 Å². The number of aromatic nitrogens is 1. The lowest BCUT2D eigenvalue weighted by molar-refractivity contribution is -0.0531. The van der Waals surface area contributed by atoms with E-state index in [1.165, 1.54) is 18.3 Å². The molecule has 0 spiro atoms. The highest BCUT2D eigenvalue weighted by Gasteiger charge is 2.13. The van der Waals surface area contributed by atoms with Crippen LogP contribution < -0.4 is 10.5 Å². The molecule has 1 heterocycles. The van der Waals surface area contributed by atoms with Gasteiger partial charge >= 0.3 is 6.61 Å². The van der Waals surface area contributed by atoms with Gasteiger partial charge in [0.2, 0.25) is 5.88 Å². The highest BCUT2D eigenvalue weighted by Crippen LogP contribution is 2.15. The summed E-state index contributed by atoms with van der Waals surface area (Å²) in [7, 11) is 0. The van der Waals surface area contributed by atoms with Crippen LogP contribution in [0, 0.1) is 0 Å². The number of pyridine rings is 1. The number of halogens is 2. The van der Waals surface area contributed by atoms with Gasteiger partial charge in [-0.2, -0.15) is 8.78 Å². The lowest BCUT2D eigenvalue weighted by Crippen LogP contribution is -2.15. The van der Waals surface area contributed by atoms with E-state index < -0.39 is 18.4 Å². The summed E-state index contributed by atoms with van der Waals surface area (Å²) in [5.74, 6) is -1.31. The largest absolute Gasteiger partial charge is 0.416 e. The molecule has 0 saturated heterocycles. The lowest BCUT2D eigenvalue weighted by atomic mass is 10.2. The molecule has 1 amide bonds. The number of primary amides is 1. The van der Waals surface area contributed by atoms with Crippen LogP contribution in [0.15, 0.2) is 18.3 Å². The fraction of sp³-hybridized carbons (Fsp3) is 0.143. The van der Waals surface area contributed by atoms with Crippen molar-refractivity contribution in [3.05, 3.63) is 23.9 Å². The second kappa shape index (κ2) is 3.79. The smallest absolute Gasteiger partial charge is 0.388 e. The summed E-state index contributed by atoms with van der Waals surface area (Å²) >= 11 is 0. The number of hydrogen-bond acceptors (Lipinski definition) is 3. The zero-order valence-corrected chi connectivity index (χ0v) is 6.41. The molecule has 0 aliphatic rings. The Kier molecular flexibility index (Phi) is 2.73. The second-order valence-corrected chi connectivity index (χ2v) is 2.10. The van der Waals surface area contributed by atoms with Crippen LogP contribution >= 0.6 is 0 Å². The number of hydrogen-bond donors (Lipinski definition) is 1. The zero-order valence-electron chi connectivity index (χ0n) is 6.41. The van der Waals surface area contributed by atoms with E-state index in [0.29, 0.717) is 0 Å². The molecule has 4 nitrogen and oxygen atoms in total. The van der Waals surface area contributed by atoms with Gasteiger partial charge < -0.3 is 10.5 Å². The molecule has 0 atom stereocenters. The van der Waals surface area contributed by atoms with Crippen molar-refractivity contribution in [2.75, 3.05) is 0 Å². The maximum atomic E-state index is 11.7. The third-order valence-electron chi connectivity index (χ3n) is 1.24. The van der Waals surface area contributed by atoms with Crippen LogP contribution in [0.2, 0.25) is 0 Å². The quantitative estimate of drug-likeness (QED) is 0.762. The minimum absolute atomic E-state index is 0.164. The summed E-state index contributed by atoms with van der Waals surface area (Å²) < 4.78 is 27.5. The summed E-state index contributed by atoms with van der Waals surface area (Å²) in [5, 5.41) is 0. The summed E-state index contributed by atoms with van der Waals surface area (Å²) in [6.07, 6.45) is 1.23. The van der Waals surface area contributed by atoms with Crippen molar-refractivity contribution in [3.63, 3.8) is 0 Å². The molecular weight excluding hydrogens is 182 g/mol. The average Bonchev–Trinajstić information content (AvgIpc) is 2.03. The van der Waals surface area contributed by atoms with Gasteiger partial charge in [0.05, 0.1) is 0 Å². The Hall–Kier alpha value is -1.72. The number of ether oxygens (including phenoxy) is 1. The monoisotopic (exact) mass is 188 g/mol. The van der Waals surface area contributed by atoms with E-state index in [-0.39, 0.29) is 5.56 Å². The molecule has 0 unspecified atom stereocenters. The van der Waals surface area contributed by atoms with E-state index in [4.69, 9.17) is 5.73 Å². The Labute approximate surface area is 72.3 Å². The molecule has 0 aliphatic heterocycles. The normalized spacial score (nSPS) is 10.1. The molecule has 0 aromatic carbocycles. The molecule has 0 bridgehead atoms. The molecule has 0 aliphatic carbocycles. The van der Waals surface area contributed by atoms with Gasteiger partial charge in [-0.15, -0.1) is 0 Å². The molecule has 70 valence electrons. The van der Waals surface area contributed by atoms with E-state index in [2.05, 4.69) is 9.72 Å². The molecule has 0 saturated carbocycles. The fourth-order valence-electron chi connectivity index (χ4n) is 0.757. The van der Waals surface area contributed by atoms with E-state index in [0.717, 1.165) is 0 Å². The summed E-state index contributed by atoms with van der Waals surface area (Å²) in [6, 6.07) is 2.66. The number of amides is 1. The van der Waals surface area contributed by atoms with Crippen LogP contribution in [-0.4, -0.2) is 17.5 Å². The number of carbonyl (C=O) groups excluding carboxylic acids is 1. The highest BCUT2D eigenvalue weighted by atomic mass is 19.3. The van der Waals surface area contributed by atoms with Crippen molar-refractivity contribution in [1.29, 1.82) is 0 Å². The van der Waals surface area contributed by atoms with Gasteiger partial charge in [-0.3, -0.25) is 4.79 Å². The van der Waals surface area contributed by atoms with Crippen LogP contribution in [0.5, 0.6) is 5.88 Å². The number of alkyl halides is 2. The van der Waals surface area contributed by atoms with Gasteiger partial charge in [0, 0.05) is 6.20 Å². The molecule has 2 N–H and O–H groups in total. The molecule has 1 aromatic heterocycles. The number of carbonyl (C=O) groups is 1. The maximum absolute atomic E-state index is 11.7. The van der Waals surface area contributed by atoms with Crippen molar-refractivity contribution in [2.45, 2.75) is 6.61 Å². The highest BCUT2D eigenvalue weighted by molar-refractivity contribution is 5.94.